The molecule has 0 bridgehead atoms. The van der Waals surface area contributed by atoms with Crippen LogP contribution in [0.2, 0.25) is 0 Å². The number of rotatable bonds is 4. The molecular weight excluding hydrogens is 340 g/mol. The van der Waals surface area contributed by atoms with Gasteiger partial charge in [0.2, 0.25) is 5.91 Å². The highest BCUT2D eigenvalue weighted by Gasteiger charge is 2.29. The van der Waals surface area contributed by atoms with Gasteiger partial charge in [-0.3, -0.25) is 4.79 Å². The molecule has 0 saturated carbocycles. The number of amides is 1. The van der Waals surface area contributed by atoms with E-state index in [9.17, 15) is 14.9 Å². The summed E-state index contributed by atoms with van der Waals surface area (Å²) >= 11 is 3.16. The van der Waals surface area contributed by atoms with E-state index in [-0.39, 0.29) is 24.3 Å². The van der Waals surface area contributed by atoms with Gasteiger partial charge < -0.3 is 15.0 Å². The van der Waals surface area contributed by atoms with Gasteiger partial charge in [0.1, 0.15) is 11.0 Å². The molecule has 8 heteroatoms. The minimum absolute atomic E-state index is 0.0189. The van der Waals surface area contributed by atoms with Crippen molar-refractivity contribution in [1.82, 2.24) is 14.7 Å². The Kier molecular flexibility index (Phi) is 4.97. The molecule has 2 heterocycles. The van der Waals surface area contributed by atoms with Gasteiger partial charge in [0.25, 0.3) is 0 Å². The Labute approximate surface area is 131 Å². The van der Waals surface area contributed by atoms with Crippen LogP contribution in [-0.4, -0.2) is 38.1 Å². The van der Waals surface area contributed by atoms with Crippen molar-refractivity contribution in [1.29, 1.82) is 0 Å². The molecular formula is C13H19BrN4O3. The van der Waals surface area contributed by atoms with Gasteiger partial charge in [0, 0.05) is 12.6 Å². The molecule has 2 rings (SSSR count). The fourth-order valence-electron chi connectivity index (χ4n) is 2.75. The monoisotopic (exact) mass is 358 g/mol. The van der Waals surface area contributed by atoms with E-state index in [0.29, 0.717) is 10.2 Å². The van der Waals surface area contributed by atoms with Crippen LogP contribution in [0.3, 0.4) is 0 Å². The number of nitrogens with zero attached hydrogens (tertiary/aromatic N) is 4. The Morgan fingerprint density at radius 3 is 2.81 bits per heavy atom. The van der Waals surface area contributed by atoms with E-state index in [1.54, 1.807) is 6.92 Å². The topological polar surface area (TPSA) is 81.3 Å². The third-order valence-corrected chi connectivity index (χ3v) is 4.92. The SMILES string of the molecule is CCC1CCCCN1C(=O)Cn1nc([N+](=O)[O-])c(Br)c1C. The van der Waals surface area contributed by atoms with Gasteiger partial charge in [-0.25, -0.2) is 0 Å². The van der Waals surface area contributed by atoms with Gasteiger partial charge in [0.05, 0.1) is 10.8 Å². The minimum Gasteiger partial charge on any atom is -0.358 e. The van der Waals surface area contributed by atoms with Gasteiger partial charge in [-0.15, -0.1) is 0 Å². The average Bonchev–Trinajstić information content (AvgIpc) is 2.75. The number of piperidine rings is 1. The number of hydrogen-bond donors (Lipinski definition) is 0. The highest BCUT2D eigenvalue weighted by Crippen LogP contribution is 2.27. The van der Waals surface area contributed by atoms with Gasteiger partial charge in [-0.2, -0.15) is 4.68 Å². The summed E-state index contributed by atoms with van der Waals surface area (Å²) in [4.78, 5) is 24.7. The first kappa shape index (κ1) is 15.9. The molecule has 1 aromatic heterocycles. The molecule has 1 aromatic rings. The van der Waals surface area contributed by atoms with Crippen molar-refractivity contribution in [2.24, 2.45) is 0 Å². The van der Waals surface area contributed by atoms with E-state index < -0.39 is 4.92 Å². The van der Waals surface area contributed by atoms with E-state index in [0.717, 1.165) is 32.2 Å². The minimum atomic E-state index is -0.548. The third-order valence-electron chi connectivity index (χ3n) is 3.99. The number of carbonyl (C=O) groups is 1. The van der Waals surface area contributed by atoms with E-state index in [1.165, 1.54) is 4.68 Å². The fraction of sp³-hybridized carbons (Fsp3) is 0.692. The maximum Gasteiger partial charge on any atom is 0.404 e. The fourth-order valence-corrected chi connectivity index (χ4v) is 3.18. The summed E-state index contributed by atoms with van der Waals surface area (Å²) in [6.07, 6.45) is 4.14. The van der Waals surface area contributed by atoms with Crippen LogP contribution < -0.4 is 0 Å². The number of nitro groups is 1. The Hall–Kier alpha value is -1.44. The van der Waals surface area contributed by atoms with Crippen molar-refractivity contribution in [3.63, 3.8) is 0 Å². The van der Waals surface area contributed by atoms with Crippen molar-refractivity contribution in [2.75, 3.05) is 6.54 Å². The predicted octanol–water partition coefficient (Wildman–Crippen LogP) is 2.65. The zero-order valence-electron chi connectivity index (χ0n) is 12.2. The zero-order valence-corrected chi connectivity index (χ0v) is 13.8. The first-order chi connectivity index (χ1) is 9.95. The lowest BCUT2D eigenvalue weighted by Gasteiger charge is -2.35. The van der Waals surface area contributed by atoms with E-state index in [2.05, 4.69) is 28.0 Å². The zero-order chi connectivity index (χ0) is 15.6. The second-order valence-corrected chi connectivity index (χ2v) is 6.08. The van der Waals surface area contributed by atoms with Gasteiger partial charge >= 0.3 is 5.82 Å². The van der Waals surface area contributed by atoms with Crippen LogP contribution in [0.15, 0.2) is 4.47 Å². The molecule has 1 aliphatic rings. The molecule has 1 atom stereocenters. The third kappa shape index (κ3) is 3.25. The number of carbonyl (C=O) groups excluding carboxylic acids is 1. The molecule has 1 saturated heterocycles. The lowest BCUT2D eigenvalue weighted by atomic mass is 10.00. The van der Waals surface area contributed by atoms with E-state index >= 15 is 0 Å². The Bertz CT molecular complexity index is 558. The second kappa shape index (κ2) is 6.55. The van der Waals surface area contributed by atoms with Crippen molar-refractivity contribution in [3.05, 3.63) is 20.3 Å². The normalized spacial score (nSPS) is 18.8. The van der Waals surface area contributed by atoms with Crippen LogP contribution in [-0.2, 0) is 11.3 Å². The molecule has 0 radical (unpaired) electrons. The Morgan fingerprint density at radius 1 is 1.52 bits per heavy atom. The summed E-state index contributed by atoms with van der Waals surface area (Å²) in [7, 11) is 0. The summed E-state index contributed by atoms with van der Waals surface area (Å²) in [5, 5.41) is 14.8. The molecule has 0 aliphatic carbocycles. The highest BCUT2D eigenvalue weighted by atomic mass is 79.9. The molecule has 1 aliphatic heterocycles. The second-order valence-electron chi connectivity index (χ2n) is 5.28. The Morgan fingerprint density at radius 2 is 2.24 bits per heavy atom. The smallest absolute Gasteiger partial charge is 0.358 e. The molecule has 0 aromatic carbocycles. The molecule has 21 heavy (non-hydrogen) atoms. The average molecular weight is 359 g/mol. The summed E-state index contributed by atoms with van der Waals surface area (Å²) in [6.45, 7) is 4.61. The Balaban J connectivity index is 2.16. The van der Waals surface area contributed by atoms with Crippen LogP contribution >= 0.6 is 15.9 Å². The first-order valence-corrected chi connectivity index (χ1v) is 7.91. The maximum absolute atomic E-state index is 12.5. The number of hydrogen-bond acceptors (Lipinski definition) is 4. The lowest BCUT2D eigenvalue weighted by molar-refractivity contribution is -0.390. The van der Waals surface area contributed by atoms with Crippen molar-refractivity contribution in [3.8, 4) is 0 Å². The van der Waals surface area contributed by atoms with E-state index in [1.807, 2.05) is 4.90 Å². The van der Waals surface area contributed by atoms with Gasteiger partial charge in [-0.1, -0.05) is 6.92 Å². The lowest BCUT2D eigenvalue weighted by Crippen LogP contribution is -2.45. The highest BCUT2D eigenvalue weighted by molar-refractivity contribution is 9.10. The van der Waals surface area contributed by atoms with Crippen LogP contribution in [0.4, 0.5) is 5.82 Å². The number of halogens is 1. The van der Waals surface area contributed by atoms with Crippen molar-refractivity contribution in [2.45, 2.75) is 52.1 Å². The summed E-state index contributed by atoms with van der Waals surface area (Å²) in [6, 6.07) is 0.278. The van der Waals surface area contributed by atoms with Gasteiger partial charge in [-0.05, 0) is 53.5 Å². The molecule has 1 unspecified atom stereocenters. The number of likely N-dealkylation sites (tertiary alicyclic amines) is 1. The van der Waals surface area contributed by atoms with Crippen LogP contribution in [0.1, 0.15) is 38.3 Å². The quantitative estimate of drug-likeness (QED) is 0.611. The van der Waals surface area contributed by atoms with Gasteiger partial charge in [0.15, 0.2) is 0 Å². The molecule has 1 amide bonds. The summed E-state index contributed by atoms with van der Waals surface area (Å²) in [5.41, 5.74) is 0.597. The standard InChI is InChI=1S/C13H19BrN4O3/c1-3-10-6-4-5-7-16(10)11(19)8-17-9(2)12(14)13(15-17)18(20)21/h10H,3-8H2,1-2H3. The van der Waals surface area contributed by atoms with Crippen LogP contribution in [0.5, 0.6) is 0 Å². The predicted molar refractivity (Wildman–Crippen MR) is 81.0 cm³/mol. The van der Waals surface area contributed by atoms with E-state index in [4.69, 9.17) is 0 Å². The molecule has 0 N–H and O–H groups in total. The molecule has 7 nitrogen and oxygen atoms in total. The summed E-state index contributed by atoms with van der Waals surface area (Å²) < 4.78 is 1.75. The van der Waals surface area contributed by atoms with Crippen LogP contribution in [0, 0.1) is 17.0 Å². The maximum atomic E-state index is 12.5. The molecule has 1 fully saturated rings. The number of aromatic nitrogens is 2. The van der Waals surface area contributed by atoms with Crippen LogP contribution in [0.25, 0.3) is 0 Å². The molecule has 0 spiro atoms. The first-order valence-electron chi connectivity index (χ1n) is 7.12. The largest absolute Gasteiger partial charge is 0.404 e. The summed E-state index contributed by atoms with van der Waals surface area (Å²) in [5.74, 6) is -0.263. The van der Waals surface area contributed by atoms with Crippen molar-refractivity contribution >= 4 is 27.7 Å². The van der Waals surface area contributed by atoms with Crippen molar-refractivity contribution < 1.29 is 9.72 Å². The molecule has 116 valence electrons.